The van der Waals surface area contributed by atoms with Crippen molar-refractivity contribution in [3.8, 4) is 17.2 Å². The number of rotatable bonds is 9. The van der Waals surface area contributed by atoms with Gasteiger partial charge in [-0.3, -0.25) is 9.59 Å². The highest BCUT2D eigenvalue weighted by molar-refractivity contribution is 6.09. The largest absolute Gasteiger partial charge is 0.507 e. The van der Waals surface area contributed by atoms with Crippen LogP contribution in [0.1, 0.15) is 87.2 Å². The fourth-order valence-corrected chi connectivity index (χ4v) is 6.90. The molecule has 8 unspecified atom stereocenters. The van der Waals surface area contributed by atoms with E-state index >= 15 is 0 Å². The third-order valence-corrected chi connectivity index (χ3v) is 8.86. The van der Waals surface area contributed by atoms with E-state index in [1.807, 2.05) is 20.8 Å². The molecule has 3 aliphatic rings. The third kappa shape index (κ3) is 6.68. The standard InChI is InChI=1S/C33H44O10/c1-6-7-24(35)33(39-5)21-11-19-10-20-13-26(18(4)31(37)30(20)32(38)29(19)25(36)12-21)43-28-15-23(9-17(3)41-28)42-27-14-22(34)8-16(2)40-27/h10,13,16-17,21-23,27-28,33-34,37-38H,6-9,11-12,14-15H2,1-5H3. The lowest BCUT2D eigenvalue weighted by Crippen LogP contribution is -2.43. The maximum Gasteiger partial charge on any atom is 0.202 e. The van der Waals surface area contributed by atoms with Crippen LogP contribution in [0.5, 0.6) is 17.2 Å². The molecule has 10 heteroatoms. The number of phenols is 2. The molecule has 236 valence electrons. The fourth-order valence-electron chi connectivity index (χ4n) is 6.90. The Morgan fingerprint density at radius 1 is 1.02 bits per heavy atom. The van der Waals surface area contributed by atoms with Crippen LogP contribution < -0.4 is 4.74 Å². The van der Waals surface area contributed by atoms with Crippen LogP contribution in [0.3, 0.4) is 0 Å². The van der Waals surface area contributed by atoms with Crippen LogP contribution in [0.4, 0.5) is 0 Å². The Hall–Kier alpha value is -2.76. The van der Waals surface area contributed by atoms with E-state index < -0.39 is 24.8 Å². The van der Waals surface area contributed by atoms with E-state index in [0.29, 0.717) is 67.2 Å². The maximum atomic E-state index is 13.2. The normalized spacial score (nSPS) is 30.2. The predicted molar refractivity (Wildman–Crippen MR) is 158 cm³/mol. The van der Waals surface area contributed by atoms with Gasteiger partial charge in [0.15, 0.2) is 17.9 Å². The minimum Gasteiger partial charge on any atom is -0.507 e. The van der Waals surface area contributed by atoms with Gasteiger partial charge in [-0.1, -0.05) is 6.92 Å². The van der Waals surface area contributed by atoms with Gasteiger partial charge in [0, 0.05) is 50.7 Å². The van der Waals surface area contributed by atoms with Crippen molar-refractivity contribution in [2.45, 2.75) is 122 Å². The summed E-state index contributed by atoms with van der Waals surface area (Å²) in [6.45, 7) is 7.46. The zero-order valence-corrected chi connectivity index (χ0v) is 25.6. The summed E-state index contributed by atoms with van der Waals surface area (Å²) in [5.41, 5.74) is 1.19. The molecule has 0 bridgehead atoms. The van der Waals surface area contributed by atoms with Crippen LogP contribution in [0.15, 0.2) is 12.1 Å². The molecule has 0 amide bonds. The number of phenolic OH excluding ortho intramolecular Hbond substituents is 2. The Labute approximate surface area is 252 Å². The maximum absolute atomic E-state index is 13.2. The molecule has 2 heterocycles. The number of benzene rings is 2. The smallest absolute Gasteiger partial charge is 0.202 e. The number of ether oxygens (including phenoxy) is 5. The van der Waals surface area contributed by atoms with E-state index in [4.69, 9.17) is 23.7 Å². The average molecular weight is 601 g/mol. The van der Waals surface area contributed by atoms with Gasteiger partial charge in [0.05, 0.1) is 35.4 Å². The van der Waals surface area contributed by atoms with Crippen molar-refractivity contribution in [3.05, 3.63) is 28.8 Å². The summed E-state index contributed by atoms with van der Waals surface area (Å²) in [6, 6.07) is 3.51. The van der Waals surface area contributed by atoms with Crippen LogP contribution in [0.2, 0.25) is 0 Å². The molecule has 2 saturated heterocycles. The first-order valence-corrected chi connectivity index (χ1v) is 15.4. The lowest BCUT2D eigenvalue weighted by molar-refractivity contribution is -0.258. The van der Waals surface area contributed by atoms with E-state index in [9.17, 15) is 24.9 Å². The molecule has 2 fully saturated rings. The van der Waals surface area contributed by atoms with Crippen LogP contribution in [0, 0.1) is 12.8 Å². The number of aliphatic hydroxyl groups is 1. The monoisotopic (exact) mass is 600 g/mol. The van der Waals surface area contributed by atoms with Crippen molar-refractivity contribution < 1.29 is 48.6 Å². The SMILES string of the molecule is CCCC(=O)C(OC)C1CC(=O)c2c(cc3cc(OC4CC(OC5CC(O)CC(C)O5)CC(C)O4)c(C)c(O)c3c2O)C1. The first kappa shape index (κ1) is 31.7. The number of hydrogen-bond donors (Lipinski definition) is 3. The molecule has 0 spiro atoms. The Morgan fingerprint density at radius 2 is 1.74 bits per heavy atom. The average Bonchev–Trinajstić information content (AvgIpc) is 2.91. The molecule has 0 radical (unpaired) electrons. The van der Waals surface area contributed by atoms with Gasteiger partial charge in [0.2, 0.25) is 6.29 Å². The number of fused-ring (bicyclic) bond motifs is 2. The summed E-state index contributed by atoms with van der Waals surface area (Å²) >= 11 is 0. The predicted octanol–water partition coefficient (Wildman–Crippen LogP) is 4.86. The summed E-state index contributed by atoms with van der Waals surface area (Å²) in [6.07, 6.45) is 0.763. The van der Waals surface area contributed by atoms with Crippen LogP contribution >= 0.6 is 0 Å². The zero-order valence-electron chi connectivity index (χ0n) is 25.6. The van der Waals surface area contributed by atoms with Crippen LogP contribution in [-0.4, -0.2) is 77.1 Å². The van der Waals surface area contributed by atoms with Gasteiger partial charge >= 0.3 is 0 Å². The fraction of sp³-hybridized carbons (Fsp3) is 0.636. The Morgan fingerprint density at radius 3 is 2.44 bits per heavy atom. The molecule has 0 saturated carbocycles. The van der Waals surface area contributed by atoms with E-state index in [1.165, 1.54) is 7.11 Å². The van der Waals surface area contributed by atoms with Crippen molar-refractivity contribution in [2.75, 3.05) is 7.11 Å². The lowest BCUT2D eigenvalue weighted by Gasteiger charge is -2.38. The minimum atomic E-state index is -0.703. The molecule has 2 aromatic carbocycles. The number of aliphatic hydroxyl groups excluding tert-OH is 1. The third-order valence-electron chi connectivity index (χ3n) is 8.86. The topological polar surface area (TPSA) is 141 Å². The van der Waals surface area contributed by atoms with Crippen molar-refractivity contribution in [3.63, 3.8) is 0 Å². The number of carbonyl (C=O) groups excluding carboxylic acids is 2. The van der Waals surface area contributed by atoms with Gasteiger partial charge in [-0.05, 0) is 63.1 Å². The summed E-state index contributed by atoms with van der Waals surface area (Å²) in [5.74, 6) is -0.727. The lowest BCUT2D eigenvalue weighted by atomic mass is 9.77. The van der Waals surface area contributed by atoms with E-state index in [-0.39, 0.29) is 64.7 Å². The second-order valence-corrected chi connectivity index (χ2v) is 12.4. The number of hydrogen-bond acceptors (Lipinski definition) is 10. The van der Waals surface area contributed by atoms with Crippen LogP contribution in [0.25, 0.3) is 10.8 Å². The molecule has 5 rings (SSSR count). The van der Waals surface area contributed by atoms with Crippen LogP contribution in [-0.2, 0) is 30.2 Å². The highest BCUT2D eigenvalue weighted by Crippen LogP contribution is 2.46. The highest BCUT2D eigenvalue weighted by Gasteiger charge is 2.38. The summed E-state index contributed by atoms with van der Waals surface area (Å²) in [4.78, 5) is 25.9. The number of aromatic hydroxyl groups is 2. The summed E-state index contributed by atoms with van der Waals surface area (Å²) < 4.78 is 30.0. The Kier molecular flexibility index (Phi) is 9.63. The first-order valence-electron chi connectivity index (χ1n) is 15.4. The Balaban J connectivity index is 1.40. The van der Waals surface area contributed by atoms with E-state index in [2.05, 4.69) is 0 Å². The molecule has 1 aliphatic carbocycles. The van der Waals surface area contributed by atoms with E-state index in [1.54, 1.807) is 19.1 Å². The van der Waals surface area contributed by atoms with Crippen molar-refractivity contribution in [1.29, 1.82) is 0 Å². The van der Waals surface area contributed by atoms with Crippen molar-refractivity contribution in [2.24, 2.45) is 5.92 Å². The molecule has 43 heavy (non-hydrogen) atoms. The van der Waals surface area contributed by atoms with Gasteiger partial charge in [-0.15, -0.1) is 0 Å². The number of ketones is 2. The number of methoxy groups -OCH3 is 1. The van der Waals surface area contributed by atoms with Gasteiger partial charge in [-0.2, -0.15) is 0 Å². The molecule has 8 atom stereocenters. The summed E-state index contributed by atoms with van der Waals surface area (Å²) in [7, 11) is 1.48. The Bertz CT molecular complexity index is 1350. The second-order valence-electron chi connectivity index (χ2n) is 12.4. The molecular formula is C33H44O10. The second kappa shape index (κ2) is 13.1. The van der Waals surface area contributed by atoms with Gasteiger partial charge < -0.3 is 39.0 Å². The summed E-state index contributed by atoms with van der Waals surface area (Å²) in [5, 5.41) is 33.3. The molecular weight excluding hydrogens is 556 g/mol. The zero-order chi connectivity index (χ0) is 31.0. The van der Waals surface area contributed by atoms with Gasteiger partial charge in [0.1, 0.15) is 23.4 Å². The van der Waals surface area contributed by atoms with Crippen molar-refractivity contribution >= 4 is 22.3 Å². The minimum absolute atomic E-state index is 0.0371. The molecule has 2 aliphatic heterocycles. The highest BCUT2D eigenvalue weighted by atomic mass is 16.7. The number of carbonyl (C=O) groups is 2. The van der Waals surface area contributed by atoms with Gasteiger partial charge in [-0.25, -0.2) is 0 Å². The van der Waals surface area contributed by atoms with E-state index in [0.717, 1.165) is 0 Å². The molecule has 2 aromatic rings. The molecule has 10 nitrogen and oxygen atoms in total. The van der Waals surface area contributed by atoms with Gasteiger partial charge in [0.25, 0.3) is 0 Å². The molecule has 0 aromatic heterocycles. The quantitative estimate of drug-likeness (QED) is 0.365. The van der Waals surface area contributed by atoms with Crippen molar-refractivity contribution in [1.82, 2.24) is 0 Å². The first-order chi connectivity index (χ1) is 20.5. The molecule has 3 N–H and O–H groups in total. The number of Topliss-reactive ketones (excluding diaryl/α,β-unsaturated/α-hetero) is 2.